The van der Waals surface area contributed by atoms with Crippen LogP contribution in [-0.2, 0) is 0 Å². The fraction of sp³-hybridized carbons (Fsp3) is 0.625. The average Bonchev–Trinajstić information content (AvgIpc) is 3.17. The minimum atomic E-state index is 0.700. The lowest BCUT2D eigenvalue weighted by atomic mass is 10.0. The lowest BCUT2D eigenvalue weighted by Gasteiger charge is -2.36. The van der Waals surface area contributed by atoms with Gasteiger partial charge in [0.25, 0.3) is 0 Å². The Labute approximate surface area is 110 Å². The topological polar surface area (TPSA) is 15.3 Å². The van der Waals surface area contributed by atoms with Crippen LogP contribution >= 0.6 is 0 Å². The molecule has 0 bridgehead atoms. The maximum Gasteiger partial charge on any atom is 0.0399 e. The molecule has 1 aromatic rings. The van der Waals surface area contributed by atoms with Gasteiger partial charge in [0.2, 0.25) is 0 Å². The van der Waals surface area contributed by atoms with Crippen molar-refractivity contribution in [1.29, 1.82) is 0 Å². The molecule has 2 heteroatoms. The molecule has 1 unspecified atom stereocenters. The highest BCUT2D eigenvalue weighted by molar-refractivity contribution is 5.56. The van der Waals surface area contributed by atoms with Crippen LogP contribution in [-0.4, -0.2) is 25.2 Å². The second-order valence-corrected chi connectivity index (χ2v) is 5.95. The van der Waals surface area contributed by atoms with Crippen LogP contribution in [0.25, 0.3) is 0 Å². The van der Waals surface area contributed by atoms with Crippen molar-refractivity contribution in [3.05, 3.63) is 29.3 Å². The van der Waals surface area contributed by atoms with Crippen molar-refractivity contribution < 1.29 is 0 Å². The normalized spacial score (nSPS) is 24.3. The number of anilines is 1. The molecule has 3 rings (SSSR count). The molecule has 1 atom stereocenters. The monoisotopic (exact) mass is 244 g/mol. The first-order chi connectivity index (χ1) is 8.74. The maximum atomic E-state index is 3.78. The number of benzene rings is 1. The van der Waals surface area contributed by atoms with Crippen LogP contribution < -0.4 is 10.2 Å². The molecule has 1 aromatic carbocycles. The van der Waals surface area contributed by atoms with Gasteiger partial charge in [-0.05, 0) is 56.7 Å². The number of rotatable bonds is 3. The standard InChI is InChI=1S/C16H24N2/c1-12-5-3-7-16(13(12)2)18-10-4-6-15(11-18)17-14-8-9-14/h3,5,7,14-15,17H,4,6,8-11H2,1-2H3. The predicted octanol–water partition coefficient (Wildman–Crippen LogP) is 3.02. The smallest absolute Gasteiger partial charge is 0.0399 e. The van der Waals surface area contributed by atoms with Crippen molar-refractivity contribution in [3.63, 3.8) is 0 Å². The molecule has 0 amide bonds. The largest absolute Gasteiger partial charge is 0.370 e. The second-order valence-electron chi connectivity index (χ2n) is 5.95. The maximum absolute atomic E-state index is 3.78. The fourth-order valence-corrected chi connectivity index (χ4v) is 2.99. The lowest BCUT2D eigenvalue weighted by Crippen LogP contribution is -2.46. The third-order valence-electron chi connectivity index (χ3n) is 4.39. The van der Waals surface area contributed by atoms with Crippen LogP contribution in [0.1, 0.15) is 36.8 Å². The van der Waals surface area contributed by atoms with Gasteiger partial charge in [-0.25, -0.2) is 0 Å². The summed E-state index contributed by atoms with van der Waals surface area (Å²) in [4.78, 5) is 2.58. The molecule has 1 saturated carbocycles. The van der Waals surface area contributed by atoms with Crippen molar-refractivity contribution in [2.24, 2.45) is 0 Å². The number of hydrogen-bond acceptors (Lipinski definition) is 2. The first kappa shape index (κ1) is 12.0. The summed E-state index contributed by atoms with van der Waals surface area (Å²) in [6.07, 6.45) is 5.44. The molecule has 0 radical (unpaired) electrons. The van der Waals surface area contributed by atoms with Gasteiger partial charge in [0, 0.05) is 30.9 Å². The molecule has 2 fully saturated rings. The van der Waals surface area contributed by atoms with Crippen molar-refractivity contribution in [2.45, 2.75) is 51.6 Å². The Kier molecular flexibility index (Phi) is 3.29. The van der Waals surface area contributed by atoms with Crippen molar-refractivity contribution in [3.8, 4) is 0 Å². The second kappa shape index (κ2) is 4.93. The zero-order valence-corrected chi connectivity index (χ0v) is 11.6. The first-order valence-electron chi connectivity index (χ1n) is 7.31. The highest BCUT2D eigenvalue weighted by Crippen LogP contribution is 2.27. The van der Waals surface area contributed by atoms with Gasteiger partial charge < -0.3 is 10.2 Å². The molecule has 0 spiro atoms. The van der Waals surface area contributed by atoms with E-state index in [9.17, 15) is 0 Å². The highest BCUT2D eigenvalue weighted by atomic mass is 15.2. The summed E-state index contributed by atoms with van der Waals surface area (Å²) in [5.74, 6) is 0. The predicted molar refractivity (Wildman–Crippen MR) is 77.3 cm³/mol. The van der Waals surface area contributed by atoms with E-state index in [0.29, 0.717) is 6.04 Å². The molecule has 1 saturated heterocycles. The molecule has 18 heavy (non-hydrogen) atoms. The van der Waals surface area contributed by atoms with Gasteiger partial charge in [-0.15, -0.1) is 0 Å². The lowest BCUT2D eigenvalue weighted by molar-refractivity contribution is 0.420. The molecule has 2 aliphatic rings. The van der Waals surface area contributed by atoms with Gasteiger partial charge >= 0.3 is 0 Å². The zero-order chi connectivity index (χ0) is 12.5. The minimum absolute atomic E-state index is 0.700. The van der Waals surface area contributed by atoms with E-state index >= 15 is 0 Å². The summed E-state index contributed by atoms with van der Waals surface area (Å²) in [7, 11) is 0. The number of nitrogens with one attached hydrogen (secondary N) is 1. The highest BCUT2D eigenvalue weighted by Gasteiger charge is 2.28. The van der Waals surface area contributed by atoms with Crippen LogP contribution in [0.3, 0.4) is 0 Å². The number of hydrogen-bond donors (Lipinski definition) is 1. The summed E-state index contributed by atoms with van der Waals surface area (Å²) in [6.45, 7) is 6.86. The van der Waals surface area contributed by atoms with E-state index in [1.807, 2.05) is 0 Å². The third-order valence-corrected chi connectivity index (χ3v) is 4.39. The number of nitrogens with zero attached hydrogens (tertiary/aromatic N) is 1. The van der Waals surface area contributed by atoms with Crippen molar-refractivity contribution >= 4 is 5.69 Å². The molecule has 2 nitrogen and oxygen atoms in total. The quantitative estimate of drug-likeness (QED) is 0.879. The summed E-state index contributed by atoms with van der Waals surface area (Å²) in [5.41, 5.74) is 4.30. The number of piperidine rings is 1. The van der Waals surface area contributed by atoms with E-state index in [2.05, 4.69) is 42.3 Å². The molecular formula is C16H24N2. The summed E-state index contributed by atoms with van der Waals surface area (Å²) in [6, 6.07) is 8.21. The number of aryl methyl sites for hydroxylation is 1. The Balaban J connectivity index is 1.72. The van der Waals surface area contributed by atoms with Gasteiger partial charge in [-0.2, -0.15) is 0 Å². The Morgan fingerprint density at radius 3 is 2.72 bits per heavy atom. The van der Waals surface area contributed by atoms with Crippen molar-refractivity contribution in [1.82, 2.24) is 5.32 Å². The van der Waals surface area contributed by atoms with E-state index in [0.717, 1.165) is 6.04 Å². The fourth-order valence-electron chi connectivity index (χ4n) is 2.99. The SMILES string of the molecule is Cc1cccc(N2CCCC(NC3CC3)C2)c1C. The van der Waals surface area contributed by atoms with E-state index in [-0.39, 0.29) is 0 Å². The summed E-state index contributed by atoms with van der Waals surface area (Å²) >= 11 is 0. The molecular weight excluding hydrogens is 220 g/mol. The Morgan fingerprint density at radius 2 is 1.94 bits per heavy atom. The van der Waals surface area contributed by atoms with Crippen LogP contribution in [0, 0.1) is 13.8 Å². The van der Waals surface area contributed by atoms with Crippen LogP contribution in [0.15, 0.2) is 18.2 Å². The Morgan fingerprint density at radius 1 is 1.11 bits per heavy atom. The van der Waals surface area contributed by atoms with Gasteiger partial charge in [0.1, 0.15) is 0 Å². The van der Waals surface area contributed by atoms with Gasteiger partial charge in [0.05, 0.1) is 0 Å². The van der Waals surface area contributed by atoms with E-state index in [1.54, 1.807) is 0 Å². The zero-order valence-electron chi connectivity index (χ0n) is 11.6. The molecule has 1 N–H and O–H groups in total. The third kappa shape index (κ3) is 2.54. The molecule has 98 valence electrons. The average molecular weight is 244 g/mol. The Bertz CT molecular complexity index is 423. The first-order valence-corrected chi connectivity index (χ1v) is 7.31. The Hall–Kier alpha value is -1.02. The summed E-state index contributed by atoms with van der Waals surface area (Å²) < 4.78 is 0. The van der Waals surface area contributed by atoms with Gasteiger partial charge in [-0.3, -0.25) is 0 Å². The van der Waals surface area contributed by atoms with E-state index in [1.165, 1.54) is 55.6 Å². The molecule has 0 aromatic heterocycles. The molecule has 1 aliphatic carbocycles. The van der Waals surface area contributed by atoms with Gasteiger partial charge in [-0.1, -0.05) is 12.1 Å². The van der Waals surface area contributed by atoms with Crippen LogP contribution in [0.2, 0.25) is 0 Å². The molecule has 1 heterocycles. The van der Waals surface area contributed by atoms with E-state index in [4.69, 9.17) is 0 Å². The van der Waals surface area contributed by atoms with Gasteiger partial charge in [0.15, 0.2) is 0 Å². The summed E-state index contributed by atoms with van der Waals surface area (Å²) in [5, 5.41) is 3.78. The van der Waals surface area contributed by atoms with Crippen LogP contribution in [0.4, 0.5) is 5.69 Å². The molecule has 1 aliphatic heterocycles. The van der Waals surface area contributed by atoms with Crippen molar-refractivity contribution in [2.75, 3.05) is 18.0 Å². The van der Waals surface area contributed by atoms with Crippen LogP contribution in [0.5, 0.6) is 0 Å². The minimum Gasteiger partial charge on any atom is -0.370 e. The van der Waals surface area contributed by atoms with E-state index < -0.39 is 0 Å².